The van der Waals surface area contributed by atoms with Gasteiger partial charge < -0.3 is 26.0 Å². The largest absolute Gasteiger partial charge is 0.394 e. The molecule has 0 rings (SSSR count). The predicted octanol–water partition coefficient (Wildman–Crippen LogP) is -1.81. The molecule has 0 amide bonds. The van der Waals surface area contributed by atoms with E-state index >= 15 is 0 Å². The normalized spacial score (nSPS) is 11.1. The van der Waals surface area contributed by atoms with E-state index in [2.05, 4.69) is 10.6 Å². The average molecular weight is 208 g/mol. The van der Waals surface area contributed by atoms with Crippen molar-refractivity contribution in [2.24, 2.45) is 0 Å². The van der Waals surface area contributed by atoms with E-state index in [-0.39, 0.29) is 19.8 Å². The van der Waals surface area contributed by atoms with Crippen LogP contribution in [-0.4, -0.2) is 52.3 Å². The SMILES string of the molecule is CCNC(=S)NC(CO)(CO)CO. The van der Waals surface area contributed by atoms with Crippen LogP contribution >= 0.6 is 12.2 Å². The molecule has 0 saturated heterocycles. The van der Waals surface area contributed by atoms with Crippen molar-refractivity contribution in [1.82, 2.24) is 10.6 Å². The van der Waals surface area contributed by atoms with Gasteiger partial charge in [0.1, 0.15) is 5.54 Å². The number of aliphatic hydroxyl groups is 3. The predicted molar refractivity (Wildman–Crippen MR) is 53.4 cm³/mol. The summed E-state index contributed by atoms with van der Waals surface area (Å²) in [6.45, 7) is 1.36. The highest BCUT2D eigenvalue weighted by atomic mass is 32.1. The van der Waals surface area contributed by atoms with Gasteiger partial charge in [0.2, 0.25) is 0 Å². The van der Waals surface area contributed by atoms with Crippen molar-refractivity contribution in [1.29, 1.82) is 0 Å². The second-order valence-electron chi connectivity index (χ2n) is 2.74. The summed E-state index contributed by atoms with van der Waals surface area (Å²) in [6.07, 6.45) is 0. The lowest BCUT2D eigenvalue weighted by Crippen LogP contribution is -2.59. The Morgan fingerprint density at radius 3 is 2.00 bits per heavy atom. The zero-order valence-corrected chi connectivity index (χ0v) is 8.39. The molecule has 0 radical (unpaired) electrons. The van der Waals surface area contributed by atoms with E-state index in [1.165, 1.54) is 0 Å². The minimum Gasteiger partial charge on any atom is -0.394 e. The van der Waals surface area contributed by atoms with Crippen LogP contribution in [0.5, 0.6) is 0 Å². The fourth-order valence-corrected chi connectivity index (χ4v) is 1.08. The number of nitrogens with one attached hydrogen (secondary N) is 2. The summed E-state index contributed by atoms with van der Waals surface area (Å²) >= 11 is 4.84. The maximum atomic E-state index is 8.92. The van der Waals surface area contributed by atoms with Crippen LogP contribution in [0.1, 0.15) is 6.92 Å². The fourth-order valence-electron chi connectivity index (χ4n) is 0.714. The van der Waals surface area contributed by atoms with Gasteiger partial charge >= 0.3 is 0 Å². The van der Waals surface area contributed by atoms with E-state index in [4.69, 9.17) is 27.5 Å². The van der Waals surface area contributed by atoms with Gasteiger partial charge in [0.15, 0.2) is 5.11 Å². The highest BCUT2D eigenvalue weighted by Gasteiger charge is 2.28. The lowest BCUT2D eigenvalue weighted by Gasteiger charge is -2.29. The van der Waals surface area contributed by atoms with Crippen molar-refractivity contribution < 1.29 is 15.3 Å². The molecule has 0 aliphatic rings. The molecule has 0 aromatic rings. The Labute approximate surface area is 82.8 Å². The first-order valence-electron chi connectivity index (χ1n) is 4.02. The van der Waals surface area contributed by atoms with Gasteiger partial charge in [-0.3, -0.25) is 0 Å². The Balaban J connectivity index is 4.16. The van der Waals surface area contributed by atoms with E-state index in [0.29, 0.717) is 11.7 Å². The first-order chi connectivity index (χ1) is 6.14. The molecule has 0 unspecified atom stereocenters. The van der Waals surface area contributed by atoms with Crippen LogP contribution in [-0.2, 0) is 0 Å². The number of rotatable bonds is 5. The van der Waals surface area contributed by atoms with Crippen molar-refractivity contribution in [3.05, 3.63) is 0 Å². The molecule has 5 nitrogen and oxygen atoms in total. The van der Waals surface area contributed by atoms with Gasteiger partial charge in [-0.25, -0.2) is 0 Å². The summed E-state index contributed by atoms with van der Waals surface area (Å²) in [6, 6.07) is 0. The van der Waals surface area contributed by atoms with E-state index in [1.807, 2.05) is 6.92 Å². The van der Waals surface area contributed by atoms with E-state index in [1.54, 1.807) is 0 Å². The monoisotopic (exact) mass is 208 g/mol. The third-order valence-electron chi connectivity index (χ3n) is 1.62. The number of thiocarbonyl (C=S) groups is 1. The van der Waals surface area contributed by atoms with Gasteiger partial charge in [-0.15, -0.1) is 0 Å². The molecular weight excluding hydrogens is 192 g/mol. The van der Waals surface area contributed by atoms with Crippen molar-refractivity contribution in [3.8, 4) is 0 Å². The fraction of sp³-hybridized carbons (Fsp3) is 0.857. The zero-order chi connectivity index (χ0) is 10.3. The van der Waals surface area contributed by atoms with Crippen LogP contribution in [0.3, 0.4) is 0 Å². The Morgan fingerprint density at radius 1 is 1.23 bits per heavy atom. The quantitative estimate of drug-likeness (QED) is 0.342. The van der Waals surface area contributed by atoms with Gasteiger partial charge in [-0.1, -0.05) is 0 Å². The number of hydrogen-bond donors (Lipinski definition) is 5. The van der Waals surface area contributed by atoms with E-state index in [9.17, 15) is 0 Å². The van der Waals surface area contributed by atoms with Gasteiger partial charge in [-0.2, -0.15) is 0 Å². The van der Waals surface area contributed by atoms with Gasteiger partial charge in [0.05, 0.1) is 19.8 Å². The molecule has 78 valence electrons. The zero-order valence-electron chi connectivity index (χ0n) is 7.58. The minimum atomic E-state index is -1.14. The van der Waals surface area contributed by atoms with Crippen LogP contribution in [0.15, 0.2) is 0 Å². The molecule has 0 aliphatic carbocycles. The highest BCUT2D eigenvalue weighted by molar-refractivity contribution is 7.80. The molecule has 5 N–H and O–H groups in total. The Bertz CT molecular complexity index is 154. The van der Waals surface area contributed by atoms with Crippen LogP contribution in [0.4, 0.5) is 0 Å². The van der Waals surface area contributed by atoms with Crippen LogP contribution in [0, 0.1) is 0 Å². The molecule has 0 heterocycles. The lowest BCUT2D eigenvalue weighted by molar-refractivity contribution is 0.0557. The third-order valence-corrected chi connectivity index (χ3v) is 1.87. The standard InChI is InChI=1S/C7H16N2O3S/c1-2-8-6(13)9-7(3-10,4-11)5-12/h10-12H,2-5H2,1H3,(H2,8,9,13). The van der Waals surface area contributed by atoms with Crippen LogP contribution in [0.2, 0.25) is 0 Å². The minimum absolute atomic E-state index is 0.305. The lowest BCUT2D eigenvalue weighted by atomic mass is 10.0. The van der Waals surface area contributed by atoms with Crippen molar-refractivity contribution in [2.75, 3.05) is 26.4 Å². The topological polar surface area (TPSA) is 84.8 Å². The first-order valence-corrected chi connectivity index (χ1v) is 4.43. The second-order valence-corrected chi connectivity index (χ2v) is 3.15. The molecule has 0 bridgehead atoms. The molecule has 0 aromatic carbocycles. The summed E-state index contributed by atoms with van der Waals surface area (Å²) in [5.74, 6) is 0. The Morgan fingerprint density at radius 2 is 1.69 bits per heavy atom. The second kappa shape index (κ2) is 6.09. The van der Waals surface area contributed by atoms with Gasteiger partial charge in [-0.05, 0) is 19.1 Å². The van der Waals surface area contributed by atoms with E-state index in [0.717, 1.165) is 0 Å². The van der Waals surface area contributed by atoms with Gasteiger partial charge in [0, 0.05) is 6.54 Å². The molecule has 0 aromatic heterocycles. The molecular formula is C7H16N2O3S. The van der Waals surface area contributed by atoms with Crippen molar-refractivity contribution in [3.63, 3.8) is 0 Å². The molecule has 0 spiro atoms. The smallest absolute Gasteiger partial charge is 0.166 e. The summed E-state index contributed by atoms with van der Waals surface area (Å²) in [7, 11) is 0. The van der Waals surface area contributed by atoms with Crippen LogP contribution in [0.25, 0.3) is 0 Å². The highest BCUT2D eigenvalue weighted by Crippen LogP contribution is 2.00. The third kappa shape index (κ3) is 3.86. The maximum absolute atomic E-state index is 8.92. The van der Waals surface area contributed by atoms with Crippen molar-refractivity contribution >= 4 is 17.3 Å². The molecule has 0 saturated carbocycles. The van der Waals surface area contributed by atoms with Gasteiger partial charge in [0.25, 0.3) is 0 Å². The first kappa shape index (κ1) is 12.6. The number of aliphatic hydroxyl groups excluding tert-OH is 3. The maximum Gasteiger partial charge on any atom is 0.166 e. The van der Waals surface area contributed by atoms with E-state index < -0.39 is 5.54 Å². The Hall–Kier alpha value is -0.430. The molecule has 6 heteroatoms. The summed E-state index contributed by atoms with van der Waals surface area (Å²) in [5.41, 5.74) is -1.14. The molecule has 0 atom stereocenters. The summed E-state index contributed by atoms with van der Waals surface area (Å²) < 4.78 is 0. The summed E-state index contributed by atoms with van der Waals surface area (Å²) in [4.78, 5) is 0. The van der Waals surface area contributed by atoms with Crippen molar-refractivity contribution in [2.45, 2.75) is 12.5 Å². The summed E-state index contributed by atoms with van der Waals surface area (Å²) in [5, 5.41) is 32.5. The number of hydrogen-bond acceptors (Lipinski definition) is 4. The van der Waals surface area contributed by atoms with Crippen LogP contribution < -0.4 is 10.6 Å². The molecule has 13 heavy (non-hydrogen) atoms. The average Bonchev–Trinajstić information content (AvgIpc) is 2.15. The Kier molecular flexibility index (Phi) is 5.89. The molecule has 0 fully saturated rings. The molecule has 0 aliphatic heterocycles.